The molecule has 5 heteroatoms. The molecule has 128 valence electrons. The van der Waals surface area contributed by atoms with E-state index in [1.807, 2.05) is 0 Å². The molecule has 1 aliphatic carbocycles. The van der Waals surface area contributed by atoms with Gasteiger partial charge in [0.2, 0.25) is 0 Å². The van der Waals surface area contributed by atoms with Crippen molar-refractivity contribution in [3.8, 4) is 0 Å². The normalized spacial score (nSPS) is 24.7. The molecule has 3 atom stereocenters. The van der Waals surface area contributed by atoms with E-state index in [-0.39, 0.29) is 24.1 Å². The Morgan fingerprint density at radius 3 is 2.70 bits per heavy atom. The lowest BCUT2D eigenvalue weighted by Crippen LogP contribution is -2.45. The number of furan rings is 1. The molecule has 1 saturated carbocycles. The highest BCUT2D eigenvalue weighted by atomic mass is 16.4. The monoisotopic (exact) mass is 321 g/mol. The van der Waals surface area contributed by atoms with Gasteiger partial charge in [0.15, 0.2) is 0 Å². The fraction of sp³-hybridized carbons (Fsp3) is 0.667. The molecule has 1 heterocycles. The van der Waals surface area contributed by atoms with E-state index in [0.29, 0.717) is 28.9 Å². The number of amides is 1. The third kappa shape index (κ3) is 4.15. The van der Waals surface area contributed by atoms with Crippen molar-refractivity contribution < 1.29 is 19.1 Å². The lowest BCUT2D eigenvalue weighted by atomic mass is 9.74. The first-order chi connectivity index (χ1) is 10.8. The molecule has 3 unspecified atom stereocenters. The standard InChI is InChI=1S/C18H27NO4/c1-10(2)13-6-5-11(3)7-14(13)19-18(22)17-12(4)9-23-15(17)8-16(20)21/h9-11,13-14H,5-8H2,1-4H3,(H,19,22)(H,20,21). The second kappa shape index (κ2) is 7.20. The molecule has 1 aromatic rings. The number of carboxylic acids is 1. The Hall–Kier alpha value is -1.78. The van der Waals surface area contributed by atoms with Crippen molar-refractivity contribution in [2.45, 2.75) is 59.4 Å². The van der Waals surface area contributed by atoms with Crippen LogP contribution in [0.3, 0.4) is 0 Å². The molecule has 23 heavy (non-hydrogen) atoms. The first-order valence-corrected chi connectivity index (χ1v) is 8.39. The molecule has 2 rings (SSSR count). The lowest BCUT2D eigenvalue weighted by molar-refractivity contribution is -0.136. The number of hydrogen-bond acceptors (Lipinski definition) is 3. The van der Waals surface area contributed by atoms with Gasteiger partial charge in [-0.15, -0.1) is 0 Å². The van der Waals surface area contributed by atoms with Gasteiger partial charge in [0.1, 0.15) is 12.2 Å². The Labute approximate surface area is 137 Å². The zero-order valence-corrected chi connectivity index (χ0v) is 14.4. The summed E-state index contributed by atoms with van der Waals surface area (Å²) in [5, 5.41) is 12.1. The van der Waals surface area contributed by atoms with Crippen molar-refractivity contribution in [1.29, 1.82) is 0 Å². The van der Waals surface area contributed by atoms with Gasteiger partial charge < -0.3 is 14.8 Å². The molecule has 1 aliphatic rings. The highest BCUT2D eigenvalue weighted by Gasteiger charge is 2.33. The fourth-order valence-corrected chi connectivity index (χ4v) is 3.68. The van der Waals surface area contributed by atoms with Gasteiger partial charge >= 0.3 is 5.97 Å². The van der Waals surface area contributed by atoms with Gasteiger partial charge in [-0.2, -0.15) is 0 Å². The SMILES string of the molecule is Cc1coc(CC(=O)O)c1C(=O)NC1CC(C)CCC1C(C)C. The molecule has 2 N–H and O–H groups in total. The number of carbonyl (C=O) groups is 2. The molecule has 1 amide bonds. The third-order valence-electron chi connectivity index (χ3n) is 4.93. The smallest absolute Gasteiger partial charge is 0.311 e. The van der Waals surface area contributed by atoms with E-state index >= 15 is 0 Å². The van der Waals surface area contributed by atoms with Crippen LogP contribution in [-0.4, -0.2) is 23.0 Å². The van der Waals surface area contributed by atoms with Crippen LogP contribution in [0.25, 0.3) is 0 Å². The second-order valence-corrected chi connectivity index (χ2v) is 7.19. The summed E-state index contributed by atoms with van der Waals surface area (Å²) < 4.78 is 5.27. The topological polar surface area (TPSA) is 79.5 Å². The van der Waals surface area contributed by atoms with Crippen molar-refractivity contribution in [3.05, 3.63) is 23.2 Å². The summed E-state index contributed by atoms with van der Waals surface area (Å²) >= 11 is 0. The van der Waals surface area contributed by atoms with Crippen LogP contribution in [0.15, 0.2) is 10.7 Å². The van der Waals surface area contributed by atoms with E-state index in [2.05, 4.69) is 26.1 Å². The maximum absolute atomic E-state index is 12.7. The summed E-state index contributed by atoms with van der Waals surface area (Å²) in [6, 6.07) is 0.137. The number of carbonyl (C=O) groups excluding carboxylic acids is 1. The Bertz CT molecular complexity index is 576. The lowest BCUT2D eigenvalue weighted by Gasteiger charge is -2.37. The molecular weight excluding hydrogens is 294 g/mol. The minimum absolute atomic E-state index is 0.137. The van der Waals surface area contributed by atoms with E-state index in [0.717, 1.165) is 12.8 Å². The van der Waals surface area contributed by atoms with Gasteiger partial charge in [0.05, 0.1) is 11.8 Å². The molecular formula is C18H27NO4. The van der Waals surface area contributed by atoms with Crippen molar-refractivity contribution >= 4 is 11.9 Å². The Balaban J connectivity index is 2.17. The highest BCUT2D eigenvalue weighted by molar-refractivity contribution is 5.97. The minimum atomic E-state index is -1.00. The van der Waals surface area contributed by atoms with Gasteiger partial charge in [-0.05, 0) is 37.5 Å². The molecule has 0 saturated heterocycles. The summed E-state index contributed by atoms with van der Waals surface area (Å²) in [6.45, 7) is 8.37. The van der Waals surface area contributed by atoms with Crippen molar-refractivity contribution in [1.82, 2.24) is 5.32 Å². The predicted molar refractivity (Wildman–Crippen MR) is 87.4 cm³/mol. The van der Waals surface area contributed by atoms with Crippen LogP contribution in [0.2, 0.25) is 0 Å². The molecule has 0 aliphatic heterocycles. The predicted octanol–water partition coefficient (Wildman–Crippen LogP) is 3.41. The first kappa shape index (κ1) is 17.6. The molecule has 1 aromatic heterocycles. The van der Waals surface area contributed by atoms with E-state index < -0.39 is 5.97 Å². The summed E-state index contributed by atoms with van der Waals surface area (Å²) in [5.74, 6) is 0.593. The number of aliphatic carboxylic acids is 1. The Kier molecular flexibility index (Phi) is 5.50. The molecule has 0 bridgehead atoms. The van der Waals surface area contributed by atoms with Crippen molar-refractivity contribution in [2.75, 3.05) is 0 Å². The Morgan fingerprint density at radius 2 is 2.09 bits per heavy atom. The molecule has 0 aromatic carbocycles. The molecule has 1 fully saturated rings. The largest absolute Gasteiger partial charge is 0.481 e. The molecule has 0 radical (unpaired) electrons. The maximum Gasteiger partial charge on any atom is 0.311 e. The molecule has 5 nitrogen and oxygen atoms in total. The van der Waals surface area contributed by atoms with Gasteiger partial charge in [-0.1, -0.05) is 27.2 Å². The maximum atomic E-state index is 12.7. The number of carboxylic acid groups (broad SMARTS) is 1. The van der Waals surface area contributed by atoms with Crippen LogP contribution in [-0.2, 0) is 11.2 Å². The van der Waals surface area contributed by atoms with E-state index in [4.69, 9.17) is 9.52 Å². The van der Waals surface area contributed by atoms with Gasteiger partial charge in [0, 0.05) is 11.6 Å². The first-order valence-electron chi connectivity index (χ1n) is 8.39. The molecule has 0 spiro atoms. The zero-order valence-electron chi connectivity index (χ0n) is 14.4. The average Bonchev–Trinajstić information content (AvgIpc) is 2.78. The van der Waals surface area contributed by atoms with Crippen LogP contribution in [0.4, 0.5) is 0 Å². The zero-order chi connectivity index (χ0) is 17.1. The summed E-state index contributed by atoms with van der Waals surface area (Å²) in [6.07, 6.45) is 4.47. The van der Waals surface area contributed by atoms with Gasteiger partial charge in [0.25, 0.3) is 5.91 Å². The van der Waals surface area contributed by atoms with Crippen LogP contribution in [0.5, 0.6) is 0 Å². The second-order valence-electron chi connectivity index (χ2n) is 7.19. The van der Waals surface area contributed by atoms with Crippen molar-refractivity contribution in [2.24, 2.45) is 17.8 Å². The quantitative estimate of drug-likeness (QED) is 0.871. The van der Waals surface area contributed by atoms with E-state index in [9.17, 15) is 9.59 Å². The van der Waals surface area contributed by atoms with E-state index in [1.165, 1.54) is 12.7 Å². The minimum Gasteiger partial charge on any atom is -0.481 e. The fourth-order valence-electron chi connectivity index (χ4n) is 3.68. The van der Waals surface area contributed by atoms with Gasteiger partial charge in [-0.3, -0.25) is 9.59 Å². The van der Waals surface area contributed by atoms with E-state index in [1.54, 1.807) is 6.92 Å². The third-order valence-corrected chi connectivity index (χ3v) is 4.93. The summed E-state index contributed by atoms with van der Waals surface area (Å²) in [7, 11) is 0. The summed E-state index contributed by atoms with van der Waals surface area (Å²) in [5.41, 5.74) is 1.07. The summed E-state index contributed by atoms with van der Waals surface area (Å²) in [4.78, 5) is 23.6. The number of hydrogen-bond donors (Lipinski definition) is 2. The number of rotatable bonds is 5. The van der Waals surface area contributed by atoms with Crippen LogP contribution >= 0.6 is 0 Å². The number of aryl methyl sites for hydroxylation is 1. The number of nitrogens with one attached hydrogen (secondary N) is 1. The average molecular weight is 321 g/mol. The Morgan fingerprint density at radius 1 is 1.39 bits per heavy atom. The van der Waals surface area contributed by atoms with Crippen LogP contribution < -0.4 is 5.32 Å². The van der Waals surface area contributed by atoms with Crippen LogP contribution in [0.1, 0.15) is 61.7 Å². The highest BCUT2D eigenvalue weighted by Crippen LogP contribution is 2.33. The van der Waals surface area contributed by atoms with Crippen molar-refractivity contribution in [3.63, 3.8) is 0 Å². The van der Waals surface area contributed by atoms with Gasteiger partial charge in [-0.25, -0.2) is 0 Å². The van der Waals surface area contributed by atoms with Crippen LogP contribution in [0, 0.1) is 24.7 Å².